The first-order valence-corrected chi connectivity index (χ1v) is 6.40. The molecular weight excluding hydrogens is 216 g/mol. The topological polar surface area (TPSA) is 38.9 Å². The van der Waals surface area contributed by atoms with Crippen molar-refractivity contribution in [3.8, 4) is 0 Å². The van der Waals surface area contributed by atoms with Crippen LogP contribution in [0.5, 0.6) is 0 Å². The molecule has 2 aromatic rings. The fourth-order valence-corrected chi connectivity index (χ4v) is 2.36. The van der Waals surface area contributed by atoms with E-state index in [1.165, 1.54) is 0 Å². The lowest BCUT2D eigenvalue weighted by molar-refractivity contribution is 0.902. The highest BCUT2D eigenvalue weighted by Crippen LogP contribution is 2.25. The van der Waals surface area contributed by atoms with E-state index in [4.69, 9.17) is 5.73 Å². The van der Waals surface area contributed by atoms with Gasteiger partial charge in [0.1, 0.15) is 0 Å². The maximum Gasteiger partial charge on any atom is 0.0970 e. The van der Waals surface area contributed by atoms with E-state index in [0.29, 0.717) is 5.25 Å². The van der Waals surface area contributed by atoms with Gasteiger partial charge in [0.15, 0.2) is 0 Å². The lowest BCUT2D eigenvalue weighted by Crippen LogP contribution is -1.94. The highest BCUT2D eigenvalue weighted by atomic mass is 32.2. The number of benzene rings is 1. The number of hydrogen-bond donors (Lipinski definition) is 1. The Kier molecular flexibility index (Phi) is 3.34. The summed E-state index contributed by atoms with van der Waals surface area (Å²) in [5.74, 6) is 0. The molecule has 2 N–H and O–H groups in total. The molecule has 1 atom stereocenters. The van der Waals surface area contributed by atoms with Crippen LogP contribution in [-0.4, -0.2) is 10.2 Å². The predicted molar refractivity (Wildman–Crippen MR) is 71.8 cm³/mol. The van der Waals surface area contributed by atoms with Crippen molar-refractivity contribution in [1.82, 2.24) is 4.98 Å². The van der Waals surface area contributed by atoms with Crippen LogP contribution in [0.4, 0.5) is 5.69 Å². The number of nitrogen functional groups attached to an aromatic ring is 1. The van der Waals surface area contributed by atoms with E-state index in [1.54, 1.807) is 0 Å². The number of thioether (sulfide) groups is 1. The van der Waals surface area contributed by atoms with Crippen LogP contribution in [0, 0.1) is 0 Å². The van der Waals surface area contributed by atoms with Crippen LogP contribution in [0.25, 0.3) is 10.9 Å². The van der Waals surface area contributed by atoms with Gasteiger partial charge in [-0.05, 0) is 30.7 Å². The van der Waals surface area contributed by atoms with Crippen LogP contribution in [0.3, 0.4) is 0 Å². The van der Waals surface area contributed by atoms with Crippen molar-refractivity contribution < 1.29 is 0 Å². The second-order valence-corrected chi connectivity index (χ2v) is 5.40. The van der Waals surface area contributed by atoms with Crippen LogP contribution in [0.2, 0.25) is 0 Å². The molecule has 0 aliphatic rings. The smallest absolute Gasteiger partial charge is 0.0970 e. The molecule has 0 spiro atoms. The average Bonchev–Trinajstić information content (AvgIpc) is 2.29. The van der Waals surface area contributed by atoms with Gasteiger partial charge in [-0.2, -0.15) is 0 Å². The molecule has 2 rings (SSSR count). The van der Waals surface area contributed by atoms with E-state index in [-0.39, 0.29) is 0 Å². The lowest BCUT2D eigenvalue weighted by Gasteiger charge is -2.08. The van der Waals surface area contributed by atoms with Gasteiger partial charge in [0.05, 0.1) is 10.5 Å². The summed E-state index contributed by atoms with van der Waals surface area (Å²) in [6.07, 6.45) is 1.16. The third-order valence-electron chi connectivity index (χ3n) is 2.58. The Bertz CT molecular complexity index is 496. The van der Waals surface area contributed by atoms with Gasteiger partial charge < -0.3 is 5.73 Å². The fourth-order valence-electron chi connectivity index (χ4n) is 1.48. The Morgan fingerprint density at radius 1 is 1.31 bits per heavy atom. The Hall–Kier alpha value is -1.22. The van der Waals surface area contributed by atoms with Crippen molar-refractivity contribution >= 4 is 28.4 Å². The monoisotopic (exact) mass is 232 g/mol. The minimum atomic E-state index is 0.610. The number of aromatic nitrogens is 1. The highest BCUT2D eigenvalue weighted by Gasteiger charge is 2.04. The number of rotatable bonds is 3. The molecule has 0 aliphatic carbocycles. The van der Waals surface area contributed by atoms with Gasteiger partial charge in [-0.15, -0.1) is 11.8 Å². The quantitative estimate of drug-likeness (QED) is 0.647. The van der Waals surface area contributed by atoms with Gasteiger partial charge in [0.25, 0.3) is 0 Å². The normalized spacial score (nSPS) is 12.9. The number of nitrogens with zero attached hydrogens (tertiary/aromatic N) is 1. The first-order chi connectivity index (χ1) is 7.69. The van der Waals surface area contributed by atoms with Gasteiger partial charge in [-0.3, -0.25) is 0 Å². The average molecular weight is 232 g/mol. The molecule has 0 amide bonds. The zero-order chi connectivity index (χ0) is 11.5. The number of pyridine rings is 1. The fraction of sp³-hybridized carbons (Fsp3) is 0.308. The third kappa shape index (κ3) is 2.47. The summed E-state index contributed by atoms with van der Waals surface area (Å²) in [6, 6.07) is 9.99. The van der Waals surface area contributed by atoms with Crippen LogP contribution in [0.1, 0.15) is 20.3 Å². The highest BCUT2D eigenvalue weighted by molar-refractivity contribution is 7.99. The van der Waals surface area contributed by atoms with E-state index < -0.39 is 0 Å². The molecule has 0 saturated heterocycles. The van der Waals surface area contributed by atoms with Crippen LogP contribution in [-0.2, 0) is 0 Å². The van der Waals surface area contributed by atoms with Gasteiger partial charge >= 0.3 is 0 Å². The molecule has 1 aromatic carbocycles. The molecule has 2 nitrogen and oxygen atoms in total. The Balaban J connectivity index is 2.33. The number of hydrogen-bond acceptors (Lipinski definition) is 3. The van der Waals surface area contributed by atoms with Crippen molar-refractivity contribution in [2.45, 2.75) is 30.5 Å². The largest absolute Gasteiger partial charge is 0.399 e. The predicted octanol–water partition coefficient (Wildman–Crippen LogP) is 3.71. The van der Waals surface area contributed by atoms with Crippen LogP contribution < -0.4 is 5.73 Å². The zero-order valence-corrected chi connectivity index (χ0v) is 10.4. The first-order valence-electron chi connectivity index (χ1n) is 5.52. The van der Waals surface area contributed by atoms with Crippen molar-refractivity contribution in [3.63, 3.8) is 0 Å². The number of anilines is 1. The van der Waals surface area contributed by atoms with Crippen LogP contribution >= 0.6 is 11.8 Å². The second kappa shape index (κ2) is 4.74. The Labute approximate surface area is 100 Å². The van der Waals surface area contributed by atoms with Gasteiger partial charge in [0, 0.05) is 16.3 Å². The molecule has 0 saturated carbocycles. The van der Waals surface area contributed by atoms with Gasteiger partial charge in [-0.1, -0.05) is 19.9 Å². The summed E-state index contributed by atoms with van der Waals surface area (Å²) >= 11 is 1.82. The summed E-state index contributed by atoms with van der Waals surface area (Å²) in [7, 11) is 0. The molecule has 0 aliphatic heterocycles. The van der Waals surface area contributed by atoms with Gasteiger partial charge in [0.2, 0.25) is 0 Å². The van der Waals surface area contributed by atoms with E-state index in [1.807, 2.05) is 30.0 Å². The summed E-state index contributed by atoms with van der Waals surface area (Å²) in [4.78, 5) is 4.61. The van der Waals surface area contributed by atoms with Crippen LogP contribution in [0.15, 0.2) is 35.4 Å². The van der Waals surface area contributed by atoms with E-state index in [0.717, 1.165) is 28.0 Å². The van der Waals surface area contributed by atoms with E-state index >= 15 is 0 Å². The molecule has 0 bridgehead atoms. The maximum absolute atomic E-state index is 5.73. The Morgan fingerprint density at radius 3 is 2.88 bits per heavy atom. The van der Waals surface area contributed by atoms with Crippen molar-refractivity contribution in [1.29, 1.82) is 0 Å². The molecule has 1 unspecified atom stereocenters. The third-order valence-corrected chi connectivity index (χ3v) is 3.79. The summed E-state index contributed by atoms with van der Waals surface area (Å²) in [5, 5.41) is 2.80. The van der Waals surface area contributed by atoms with E-state index in [9.17, 15) is 0 Å². The van der Waals surface area contributed by atoms with Gasteiger partial charge in [-0.25, -0.2) is 4.98 Å². The van der Waals surface area contributed by atoms with Crippen molar-refractivity contribution in [3.05, 3.63) is 30.3 Å². The molecule has 1 aromatic heterocycles. The maximum atomic E-state index is 5.73. The molecule has 0 radical (unpaired) electrons. The molecule has 3 heteroatoms. The second-order valence-electron chi connectivity index (χ2n) is 3.94. The number of fused-ring (bicyclic) bond motifs is 1. The van der Waals surface area contributed by atoms with E-state index in [2.05, 4.69) is 31.0 Å². The molecule has 0 fully saturated rings. The summed E-state index contributed by atoms with van der Waals surface area (Å²) in [6.45, 7) is 4.42. The lowest BCUT2D eigenvalue weighted by atomic mass is 10.2. The zero-order valence-electron chi connectivity index (χ0n) is 9.60. The minimum Gasteiger partial charge on any atom is -0.399 e. The minimum absolute atomic E-state index is 0.610. The summed E-state index contributed by atoms with van der Waals surface area (Å²) < 4.78 is 0. The molecule has 84 valence electrons. The summed E-state index contributed by atoms with van der Waals surface area (Å²) in [5.41, 5.74) is 7.54. The molecule has 16 heavy (non-hydrogen) atoms. The Morgan fingerprint density at radius 2 is 2.12 bits per heavy atom. The van der Waals surface area contributed by atoms with Crippen molar-refractivity contribution in [2.24, 2.45) is 0 Å². The number of nitrogens with two attached hydrogens (primary N) is 1. The molecule has 1 heterocycles. The molecular formula is C13H16N2S. The standard InChI is InChI=1S/C13H16N2S/c1-3-9(2)16-13-7-4-10-8-11(14)5-6-12(10)15-13/h4-9H,3,14H2,1-2H3. The van der Waals surface area contributed by atoms with Crippen molar-refractivity contribution in [2.75, 3.05) is 5.73 Å². The SMILES string of the molecule is CCC(C)Sc1ccc2cc(N)ccc2n1. The first kappa shape index (κ1) is 11.3.